The number of hydrogen-bond acceptors (Lipinski definition) is 4. The van der Waals surface area contributed by atoms with Gasteiger partial charge >= 0.3 is 6.03 Å². The largest absolute Gasteiger partial charge is 0.322 e. The van der Waals surface area contributed by atoms with Gasteiger partial charge in [-0.05, 0) is 58.3 Å². The number of likely N-dealkylation sites (N-methyl/N-ethyl adjacent to an activating group) is 1. The van der Waals surface area contributed by atoms with Crippen LogP contribution in [0.1, 0.15) is 25.7 Å². The van der Waals surface area contributed by atoms with Crippen LogP contribution in [0, 0.1) is 5.82 Å². The van der Waals surface area contributed by atoms with E-state index in [1.54, 1.807) is 46.7 Å². The zero-order chi connectivity index (χ0) is 23.4. The molecule has 0 aliphatic heterocycles. The van der Waals surface area contributed by atoms with Crippen LogP contribution in [0.5, 0.6) is 0 Å². The first-order valence-electron chi connectivity index (χ1n) is 10.4. The number of para-hydroxylation sites is 1. The van der Waals surface area contributed by atoms with Gasteiger partial charge in [0.25, 0.3) is 5.56 Å². The average molecular weight is 460 g/mol. The van der Waals surface area contributed by atoms with Gasteiger partial charge in [0, 0.05) is 24.7 Å². The van der Waals surface area contributed by atoms with E-state index in [1.165, 1.54) is 12.1 Å². The molecule has 0 aliphatic rings. The van der Waals surface area contributed by atoms with Gasteiger partial charge in [-0.3, -0.25) is 9.36 Å². The highest BCUT2D eigenvalue weighted by atomic mass is 35.5. The molecular formula is C23H27ClFN5O2. The predicted molar refractivity (Wildman–Crippen MR) is 126 cm³/mol. The third kappa shape index (κ3) is 5.08. The Morgan fingerprint density at radius 3 is 2.59 bits per heavy atom. The molecule has 1 atom stereocenters. The maximum Gasteiger partial charge on any atom is 0.322 e. The van der Waals surface area contributed by atoms with Crippen LogP contribution in [0.4, 0.5) is 14.9 Å². The van der Waals surface area contributed by atoms with Crippen molar-refractivity contribution in [2.24, 2.45) is 0 Å². The van der Waals surface area contributed by atoms with Crippen molar-refractivity contribution in [1.29, 1.82) is 0 Å². The maximum atomic E-state index is 14.1. The minimum atomic E-state index is -0.558. The molecule has 3 rings (SSSR count). The van der Waals surface area contributed by atoms with Crippen LogP contribution >= 0.6 is 11.6 Å². The summed E-state index contributed by atoms with van der Waals surface area (Å²) in [4.78, 5) is 34.5. The van der Waals surface area contributed by atoms with E-state index < -0.39 is 17.9 Å². The topological polar surface area (TPSA) is 70.5 Å². The standard InChI is InChI=1S/C23H27ClFN5O2/c1-5-29-21(26-20-14-16(24)10-11-17(20)22(29)31)15(2)30(13-12-28(3)4)23(32)27-19-9-7-6-8-18(19)25/h6-11,14-15H,5,12-13H2,1-4H3,(H,27,32). The van der Waals surface area contributed by atoms with Gasteiger partial charge in [0.2, 0.25) is 0 Å². The van der Waals surface area contributed by atoms with Crippen molar-refractivity contribution in [2.75, 3.05) is 32.5 Å². The lowest BCUT2D eigenvalue weighted by atomic mass is 10.2. The van der Waals surface area contributed by atoms with Crippen molar-refractivity contribution in [1.82, 2.24) is 19.4 Å². The van der Waals surface area contributed by atoms with E-state index >= 15 is 0 Å². The second-order valence-electron chi connectivity index (χ2n) is 7.76. The molecule has 2 amide bonds. The average Bonchev–Trinajstić information content (AvgIpc) is 2.74. The Morgan fingerprint density at radius 2 is 1.94 bits per heavy atom. The molecule has 0 saturated carbocycles. The number of fused-ring (bicyclic) bond motifs is 1. The minimum absolute atomic E-state index is 0.0886. The molecule has 0 fully saturated rings. The summed E-state index contributed by atoms with van der Waals surface area (Å²) in [6.07, 6.45) is 0. The molecule has 1 N–H and O–H groups in total. The third-order valence-electron chi connectivity index (χ3n) is 5.27. The summed E-state index contributed by atoms with van der Waals surface area (Å²) in [5.41, 5.74) is 0.361. The molecule has 1 aromatic heterocycles. The Balaban J connectivity index is 2.04. The van der Waals surface area contributed by atoms with Gasteiger partial charge in [0.1, 0.15) is 11.6 Å². The highest BCUT2D eigenvalue weighted by Gasteiger charge is 2.26. The molecule has 1 heterocycles. The van der Waals surface area contributed by atoms with Crippen molar-refractivity contribution >= 4 is 34.2 Å². The number of anilines is 1. The number of amides is 2. The number of nitrogens with one attached hydrogen (secondary N) is 1. The number of hydrogen-bond donors (Lipinski definition) is 1. The number of benzene rings is 2. The maximum absolute atomic E-state index is 14.1. The van der Waals surface area contributed by atoms with E-state index in [9.17, 15) is 14.0 Å². The first-order valence-corrected chi connectivity index (χ1v) is 10.8. The van der Waals surface area contributed by atoms with Gasteiger partial charge in [-0.1, -0.05) is 23.7 Å². The molecule has 170 valence electrons. The monoisotopic (exact) mass is 459 g/mol. The smallest absolute Gasteiger partial charge is 0.313 e. The summed E-state index contributed by atoms with van der Waals surface area (Å²) < 4.78 is 15.7. The van der Waals surface area contributed by atoms with Gasteiger partial charge in [0.15, 0.2) is 0 Å². The summed E-state index contributed by atoms with van der Waals surface area (Å²) in [5, 5.41) is 3.57. The number of rotatable bonds is 7. The van der Waals surface area contributed by atoms with Crippen LogP contribution in [-0.4, -0.2) is 52.6 Å². The van der Waals surface area contributed by atoms with Crippen molar-refractivity contribution in [3.63, 3.8) is 0 Å². The molecule has 1 unspecified atom stereocenters. The zero-order valence-electron chi connectivity index (χ0n) is 18.6. The van der Waals surface area contributed by atoms with Gasteiger partial charge < -0.3 is 15.1 Å². The fourth-order valence-corrected chi connectivity index (χ4v) is 3.67. The number of carbonyl (C=O) groups excluding carboxylic acids is 1. The lowest BCUT2D eigenvalue weighted by Crippen LogP contribution is -2.43. The molecule has 0 bridgehead atoms. The fourth-order valence-electron chi connectivity index (χ4n) is 3.50. The number of urea groups is 1. The Morgan fingerprint density at radius 1 is 1.22 bits per heavy atom. The van der Waals surface area contributed by atoms with Crippen LogP contribution in [0.3, 0.4) is 0 Å². The van der Waals surface area contributed by atoms with E-state index in [-0.39, 0.29) is 11.2 Å². The van der Waals surface area contributed by atoms with Crippen LogP contribution in [-0.2, 0) is 6.54 Å². The Labute approximate surface area is 191 Å². The van der Waals surface area contributed by atoms with E-state index in [0.29, 0.717) is 41.4 Å². The Bertz CT molecular complexity index is 1180. The summed E-state index contributed by atoms with van der Waals surface area (Å²) in [7, 11) is 3.80. The van der Waals surface area contributed by atoms with Gasteiger partial charge in [-0.25, -0.2) is 14.2 Å². The molecule has 32 heavy (non-hydrogen) atoms. The van der Waals surface area contributed by atoms with E-state index in [1.807, 2.05) is 25.9 Å². The van der Waals surface area contributed by atoms with Gasteiger partial charge in [-0.15, -0.1) is 0 Å². The molecule has 2 aromatic carbocycles. The SMILES string of the molecule is CCn1c(C(C)N(CCN(C)C)C(=O)Nc2ccccc2F)nc2cc(Cl)ccc2c1=O. The van der Waals surface area contributed by atoms with Crippen molar-refractivity contribution in [3.8, 4) is 0 Å². The quantitative estimate of drug-likeness (QED) is 0.569. The number of aromatic nitrogens is 2. The molecule has 9 heteroatoms. The van der Waals surface area contributed by atoms with Crippen LogP contribution in [0.25, 0.3) is 10.9 Å². The predicted octanol–water partition coefficient (Wildman–Crippen LogP) is 4.37. The molecule has 0 saturated heterocycles. The second kappa shape index (κ2) is 10.1. The molecular weight excluding hydrogens is 433 g/mol. The van der Waals surface area contributed by atoms with Crippen molar-refractivity contribution in [3.05, 3.63) is 69.5 Å². The molecule has 0 aliphatic carbocycles. The number of halogens is 2. The first-order chi connectivity index (χ1) is 15.2. The summed E-state index contributed by atoms with van der Waals surface area (Å²) in [6, 6.07) is 9.90. The lowest BCUT2D eigenvalue weighted by molar-refractivity contribution is 0.180. The zero-order valence-corrected chi connectivity index (χ0v) is 19.4. The minimum Gasteiger partial charge on any atom is -0.313 e. The van der Waals surface area contributed by atoms with Crippen LogP contribution in [0.15, 0.2) is 47.3 Å². The summed E-state index contributed by atoms with van der Waals surface area (Å²) in [5.74, 6) is -0.0836. The molecule has 7 nitrogen and oxygen atoms in total. The summed E-state index contributed by atoms with van der Waals surface area (Å²) >= 11 is 6.11. The molecule has 0 radical (unpaired) electrons. The molecule has 0 spiro atoms. The van der Waals surface area contributed by atoms with Crippen LogP contribution in [0.2, 0.25) is 5.02 Å². The van der Waals surface area contributed by atoms with Crippen molar-refractivity contribution < 1.29 is 9.18 Å². The van der Waals surface area contributed by atoms with E-state index in [2.05, 4.69) is 5.32 Å². The number of nitrogens with zero attached hydrogens (tertiary/aromatic N) is 4. The van der Waals surface area contributed by atoms with E-state index in [0.717, 1.165) is 0 Å². The third-order valence-corrected chi connectivity index (χ3v) is 5.50. The normalized spacial score (nSPS) is 12.2. The Hall–Kier alpha value is -2.97. The van der Waals surface area contributed by atoms with Gasteiger partial charge in [0.05, 0.1) is 22.6 Å². The lowest BCUT2D eigenvalue weighted by Gasteiger charge is -2.31. The summed E-state index contributed by atoms with van der Waals surface area (Å²) in [6.45, 7) is 4.97. The van der Waals surface area contributed by atoms with E-state index in [4.69, 9.17) is 16.6 Å². The molecule has 3 aromatic rings. The highest BCUT2D eigenvalue weighted by Crippen LogP contribution is 2.23. The number of carbonyl (C=O) groups is 1. The fraction of sp³-hybridized carbons (Fsp3) is 0.348. The highest BCUT2D eigenvalue weighted by molar-refractivity contribution is 6.31. The van der Waals surface area contributed by atoms with Gasteiger partial charge in [-0.2, -0.15) is 0 Å². The van der Waals surface area contributed by atoms with Crippen LogP contribution < -0.4 is 10.9 Å². The first kappa shape index (κ1) is 23.7. The second-order valence-corrected chi connectivity index (χ2v) is 8.20. The Kier molecular flexibility index (Phi) is 7.48. The van der Waals surface area contributed by atoms with Crippen molar-refractivity contribution in [2.45, 2.75) is 26.4 Å².